The lowest BCUT2D eigenvalue weighted by atomic mass is 9.93. The number of nitrogens with zero attached hydrogens (tertiary/aromatic N) is 1. The summed E-state index contributed by atoms with van der Waals surface area (Å²) < 4.78 is 0. The number of allylic oxidation sites excluding steroid dienone is 5. The molecule has 22 heavy (non-hydrogen) atoms. The summed E-state index contributed by atoms with van der Waals surface area (Å²) in [4.78, 5) is 11.9. The lowest BCUT2D eigenvalue weighted by molar-refractivity contribution is -0.116. The zero-order chi connectivity index (χ0) is 16.1. The van der Waals surface area contributed by atoms with Crippen LogP contribution >= 0.6 is 0 Å². The third-order valence-electron chi connectivity index (χ3n) is 3.40. The molecule has 0 bridgehead atoms. The molecule has 0 aliphatic heterocycles. The fourth-order valence-corrected chi connectivity index (χ4v) is 2.37. The number of amides is 1. The Morgan fingerprint density at radius 2 is 2.14 bits per heavy atom. The quantitative estimate of drug-likeness (QED) is 0.656. The first kappa shape index (κ1) is 15.5. The van der Waals surface area contributed by atoms with Crippen molar-refractivity contribution < 1.29 is 4.79 Å². The van der Waals surface area contributed by atoms with Crippen LogP contribution in [0.1, 0.15) is 11.3 Å². The second kappa shape index (κ2) is 6.72. The van der Waals surface area contributed by atoms with E-state index in [-0.39, 0.29) is 5.91 Å². The van der Waals surface area contributed by atoms with Crippen molar-refractivity contribution in [1.29, 1.82) is 0 Å². The van der Waals surface area contributed by atoms with Gasteiger partial charge in [-0.15, -0.1) is 0 Å². The van der Waals surface area contributed by atoms with E-state index in [0.29, 0.717) is 0 Å². The third-order valence-corrected chi connectivity index (χ3v) is 3.40. The number of aryl methyl sites for hydroxylation is 1. The van der Waals surface area contributed by atoms with Gasteiger partial charge in [-0.3, -0.25) is 9.89 Å². The largest absolute Gasteiger partial charge is 0.356 e. The second-order valence-electron chi connectivity index (χ2n) is 4.78. The Morgan fingerprint density at radius 1 is 1.36 bits per heavy atom. The highest BCUT2D eigenvalue weighted by Gasteiger charge is 2.14. The standard InChI is InChI=1S/C18H19N3O/c1-5-8-13(6-2)15(11-17(22)19-4)14-9-7-10-16-18(14)12(3)20-21-16/h5-11H,1-2H2,3-4H3,(H,19,22)(H,20,21)/b13-8+,15-11+. The maximum atomic E-state index is 11.9. The Balaban J connectivity index is 2.77. The Kier molecular flexibility index (Phi) is 4.73. The molecule has 1 amide bonds. The number of rotatable bonds is 5. The number of H-pyrrole nitrogens is 1. The molecule has 112 valence electrons. The van der Waals surface area contributed by atoms with E-state index < -0.39 is 0 Å². The monoisotopic (exact) mass is 293 g/mol. The molecule has 4 heteroatoms. The molecule has 0 unspecified atom stereocenters. The lowest BCUT2D eigenvalue weighted by Crippen LogP contribution is -2.15. The molecule has 1 aromatic heterocycles. The highest BCUT2D eigenvalue weighted by Crippen LogP contribution is 2.31. The summed E-state index contributed by atoms with van der Waals surface area (Å²) in [5.41, 5.74) is 4.35. The minimum absolute atomic E-state index is 0.176. The van der Waals surface area contributed by atoms with Crippen LogP contribution in [0.4, 0.5) is 0 Å². The smallest absolute Gasteiger partial charge is 0.244 e. The van der Waals surface area contributed by atoms with Crippen molar-refractivity contribution in [1.82, 2.24) is 15.5 Å². The summed E-state index contributed by atoms with van der Waals surface area (Å²) in [5.74, 6) is -0.176. The van der Waals surface area contributed by atoms with Crippen LogP contribution in [0.2, 0.25) is 0 Å². The van der Waals surface area contributed by atoms with E-state index in [1.165, 1.54) is 0 Å². The molecule has 0 spiro atoms. The number of hydrogen-bond acceptors (Lipinski definition) is 2. The summed E-state index contributed by atoms with van der Waals surface area (Å²) in [6.07, 6.45) is 6.79. The van der Waals surface area contributed by atoms with Crippen LogP contribution in [0.15, 0.2) is 61.2 Å². The van der Waals surface area contributed by atoms with E-state index in [1.807, 2.05) is 31.2 Å². The van der Waals surface area contributed by atoms with Gasteiger partial charge in [0.1, 0.15) is 0 Å². The summed E-state index contributed by atoms with van der Waals surface area (Å²) >= 11 is 0. The molecule has 0 saturated carbocycles. The molecule has 0 fully saturated rings. The maximum Gasteiger partial charge on any atom is 0.244 e. The van der Waals surface area contributed by atoms with Crippen molar-refractivity contribution in [2.75, 3.05) is 7.05 Å². The van der Waals surface area contributed by atoms with Gasteiger partial charge in [0.05, 0.1) is 5.52 Å². The van der Waals surface area contributed by atoms with Gasteiger partial charge in [-0.25, -0.2) is 0 Å². The molecule has 2 N–H and O–H groups in total. The van der Waals surface area contributed by atoms with Crippen LogP contribution in [0.5, 0.6) is 0 Å². The summed E-state index contributed by atoms with van der Waals surface area (Å²) in [7, 11) is 1.60. The molecular formula is C18H19N3O. The zero-order valence-corrected chi connectivity index (χ0v) is 12.8. The summed E-state index contributed by atoms with van der Waals surface area (Å²) in [5, 5.41) is 10.9. The van der Waals surface area contributed by atoms with Crippen molar-refractivity contribution in [3.05, 3.63) is 72.5 Å². The van der Waals surface area contributed by atoms with Crippen molar-refractivity contribution >= 4 is 22.4 Å². The first-order valence-corrected chi connectivity index (χ1v) is 6.95. The van der Waals surface area contributed by atoms with E-state index >= 15 is 0 Å². The van der Waals surface area contributed by atoms with Crippen LogP contribution in [-0.4, -0.2) is 23.2 Å². The van der Waals surface area contributed by atoms with Gasteiger partial charge in [-0.2, -0.15) is 5.10 Å². The number of aromatic amines is 1. The topological polar surface area (TPSA) is 57.8 Å². The van der Waals surface area contributed by atoms with Crippen LogP contribution in [0, 0.1) is 6.92 Å². The molecule has 2 rings (SSSR count). The number of aromatic nitrogens is 2. The lowest BCUT2D eigenvalue weighted by Gasteiger charge is -2.11. The van der Waals surface area contributed by atoms with E-state index in [1.54, 1.807) is 25.3 Å². The predicted octanol–water partition coefficient (Wildman–Crippen LogP) is 3.30. The first-order valence-electron chi connectivity index (χ1n) is 6.95. The summed E-state index contributed by atoms with van der Waals surface area (Å²) in [6, 6.07) is 5.83. The van der Waals surface area contributed by atoms with Gasteiger partial charge in [0.25, 0.3) is 0 Å². The van der Waals surface area contributed by atoms with Gasteiger partial charge in [-0.1, -0.05) is 43.5 Å². The molecule has 4 nitrogen and oxygen atoms in total. The normalized spacial score (nSPS) is 12.3. The highest BCUT2D eigenvalue weighted by atomic mass is 16.1. The van der Waals surface area contributed by atoms with Crippen molar-refractivity contribution in [2.45, 2.75) is 6.92 Å². The number of benzene rings is 1. The molecule has 0 saturated heterocycles. The van der Waals surface area contributed by atoms with Gasteiger partial charge >= 0.3 is 0 Å². The SMILES string of the molecule is C=C/C=C(C=C)/C(=C\C(=O)NC)c1cccc2n[nH]c(C)c12. The van der Waals surface area contributed by atoms with Crippen molar-refractivity contribution in [3.63, 3.8) is 0 Å². The number of likely N-dealkylation sites (N-methyl/N-ethyl adjacent to an activating group) is 1. The Hall–Kier alpha value is -2.88. The molecule has 0 radical (unpaired) electrons. The maximum absolute atomic E-state index is 11.9. The first-order chi connectivity index (χ1) is 10.6. The molecule has 0 atom stereocenters. The number of nitrogens with one attached hydrogen (secondary N) is 2. The van der Waals surface area contributed by atoms with Gasteiger partial charge in [-0.05, 0) is 29.7 Å². The number of carbonyl (C=O) groups is 1. The average Bonchev–Trinajstić information content (AvgIpc) is 2.92. The Labute approximate surface area is 129 Å². The predicted molar refractivity (Wildman–Crippen MR) is 91.4 cm³/mol. The average molecular weight is 293 g/mol. The van der Waals surface area contributed by atoms with E-state index in [0.717, 1.165) is 33.3 Å². The van der Waals surface area contributed by atoms with Gasteiger partial charge in [0.2, 0.25) is 5.91 Å². The van der Waals surface area contributed by atoms with E-state index in [2.05, 4.69) is 28.7 Å². The fourth-order valence-electron chi connectivity index (χ4n) is 2.37. The number of fused-ring (bicyclic) bond motifs is 1. The zero-order valence-electron chi connectivity index (χ0n) is 12.8. The molecule has 2 aromatic rings. The van der Waals surface area contributed by atoms with Crippen LogP contribution in [0.3, 0.4) is 0 Å². The fraction of sp³-hybridized carbons (Fsp3) is 0.111. The van der Waals surface area contributed by atoms with Gasteiger partial charge in [0, 0.05) is 24.2 Å². The van der Waals surface area contributed by atoms with E-state index in [9.17, 15) is 4.79 Å². The van der Waals surface area contributed by atoms with Crippen molar-refractivity contribution in [2.24, 2.45) is 0 Å². The van der Waals surface area contributed by atoms with Crippen LogP contribution in [0.25, 0.3) is 16.5 Å². The minimum atomic E-state index is -0.176. The molecule has 0 aliphatic carbocycles. The van der Waals surface area contributed by atoms with Crippen molar-refractivity contribution in [3.8, 4) is 0 Å². The Bertz CT molecular complexity index is 794. The third kappa shape index (κ3) is 2.91. The van der Waals surface area contributed by atoms with Crippen LogP contribution < -0.4 is 5.32 Å². The second-order valence-corrected chi connectivity index (χ2v) is 4.78. The molecular weight excluding hydrogens is 274 g/mol. The molecule has 0 aliphatic rings. The van der Waals surface area contributed by atoms with E-state index in [4.69, 9.17) is 0 Å². The van der Waals surface area contributed by atoms with Crippen LogP contribution in [-0.2, 0) is 4.79 Å². The highest BCUT2D eigenvalue weighted by molar-refractivity contribution is 6.05. The number of carbonyl (C=O) groups excluding carboxylic acids is 1. The van der Waals surface area contributed by atoms with Gasteiger partial charge in [0.15, 0.2) is 0 Å². The Morgan fingerprint density at radius 3 is 2.77 bits per heavy atom. The summed E-state index contributed by atoms with van der Waals surface area (Å²) in [6.45, 7) is 9.52. The number of hydrogen-bond donors (Lipinski definition) is 2. The molecule has 1 aromatic carbocycles. The minimum Gasteiger partial charge on any atom is -0.356 e. The molecule has 1 heterocycles. The van der Waals surface area contributed by atoms with Gasteiger partial charge < -0.3 is 5.32 Å².